The van der Waals surface area contributed by atoms with Crippen LogP contribution in [0.2, 0.25) is 0 Å². The van der Waals surface area contributed by atoms with E-state index in [1.807, 2.05) is 35.9 Å². The Morgan fingerprint density at radius 3 is 2.74 bits per heavy atom. The average Bonchev–Trinajstić information content (AvgIpc) is 3.37. The number of hydrogen-bond donors (Lipinski definition) is 0. The molecule has 0 unspecified atom stereocenters. The van der Waals surface area contributed by atoms with Crippen LogP contribution in [0, 0.1) is 6.92 Å². The van der Waals surface area contributed by atoms with E-state index >= 15 is 0 Å². The van der Waals surface area contributed by atoms with E-state index in [-0.39, 0.29) is 11.9 Å². The first-order chi connectivity index (χ1) is 15.0. The van der Waals surface area contributed by atoms with Gasteiger partial charge in [-0.15, -0.1) is 0 Å². The molecular weight excluding hydrogens is 414 g/mol. The number of carbonyl (C=O) groups excluding carboxylic acids is 1. The van der Waals surface area contributed by atoms with Crippen LogP contribution in [-0.4, -0.2) is 72.1 Å². The number of nitrogens with zero attached hydrogens (tertiary/aromatic N) is 5. The molecule has 9 heteroatoms. The Hall–Kier alpha value is -2.49. The van der Waals surface area contributed by atoms with Crippen LogP contribution in [0.5, 0.6) is 5.75 Å². The van der Waals surface area contributed by atoms with Crippen LogP contribution in [0.4, 0.5) is 5.13 Å². The molecule has 0 radical (unpaired) electrons. The Bertz CT molecular complexity index is 1050. The van der Waals surface area contributed by atoms with Crippen molar-refractivity contribution in [3.8, 4) is 5.75 Å². The molecule has 4 rings (SSSR count). The number of ether oxygens (including phenoxy) is 2. The standard InChI is InChI=1S/C22H29N5O3S/c1-15(2)27-16(3)13-19(24-27)21(28)26(8-7-25-9-11-30-12-10-25)22-23-18-6-5-17(29-4)14-20(18)31-22/h5-6,13-15H,7-12H2,1-4H3. The fourth-order valence-electron chi connectivity index (χ4n) is 3.74. The third-order valence-electron chi connectivity index (χ3n) is 5.43. The second-order valence-corrected chi connectivity index (χ2v) is 8.96. The molecule has 3 aromatic rings. The van der Waals surface area contributed by atoms with E-state index in [9.17, 15) is 4.79 Å². The second kappa shape index (κ2) is 9.33. The minimum absolute atomic E-state index is 0.123. The van der Waals surface area contributed by atoms with Gasteiger partial charge >= 0.3 is 0 Å². The normalized spacial score (nSPS) is 15.0. The lowest BCUT2D eigenvalue weighted by molar-refractivity contribution is 0.0391. The molecule has 1 aliphatic heterocycles. The van der Waals surface area contributed by atoms with Crippen molar-refractivity contribution in [3.05, 3.63) is 35.7 Å². The summed E-state index contributed by atoms with van der Waals surface area (Å²) in [4.78, 5) is 22.4. The lowest BCUT2D eigenvalue weighted by atomic mass is 10.3. The van der Waals surface area contributed by atoms with Crippen LogP contribution in [0.15, 0.2) is 24.3 Å². The molecule has 2 aromatic heterocycles. The summed E-state index contributed by atoms with van der Waals surface area (Å²) >= 11 is 1.50. The minimum atomic E-state index is -0.123. The summed E-state index contributed by atoms with van der Waals surface area (Å²) in [6.07, 6.45) is 0. The Kier molecular flexibility index (Phi) is 6.54. The number of benzene rings is 1. The van der Waals surface area contributed by atoms with Crippen molar-refractivity contribution in [2.75, 3.05) is 51.4 Å². The first kappa shape index (κ1) is 21.7. The highest BCUT2D eigenvalue weighted by Crippen LogP contribution is 2.32. The highest BCUT2D eigenvalue weighted by molar-refractivity contribution is 7.22. The average molecular weight is 444 g/mol. The van der Waals surface area contributed by atoms with Gasteiger partial charge in [-0.2, -0.15) is 5.10 Å². The minimum Gasteiger partial charge on any atom is -0.497 e. The summed E-state index contributed by atoms with van der Waals surface area (Å²) in [6, 6.07) is 7.83. The van der Waals surface area contributed by atoms with Crippen LogP contribution >= 0.6 is 11.3 Å². The summed E-state index contributed by atoms with van der Waals surface area (Å²) in [5.41, 5.74) is 2.28. The SMILES string of the molecule is COc1ccc2nc(N(CCN3CCOCC3)C(=O)c3cc(C)n(C(C)C)n3)sc2c1. The van der Waals surface area contributed by atoms with E-state index in [0.29, 0.717) is 17.4 Å². The van der Waals surface area contributed by atoms with E-state index < -0.39 is 0 Å². The van der Waals surface area contributed by atoms with Crippen LogP contribution in [0.25, 0.3) is 10.2 Å². The first-order valence-corrected chi connectivity index (χ1v) is 11.4. The number of morpholine rings is 1. The molecule has 0 bridgehead atoms. The van der Waals surface area contributed by atoms with Crippen molar-refractivity contribution in [1.29, 1.82) is 0 Å². The number of anilines is 1. The van der Waals surface area contributed by atoms with Gasteiger partial charge in [0.25, 0.3) is 5.91 Å². The number of fused-ring (bicyclic) bond motifs is 1. The summed E-state index contributed by atoms with van der Waals surface area (Å²) < 4.78 is 13.7. The van der Waals surface area contributed by atoms with E-state index in [0.717, 1.165) is 54.5 Å². The number of aromatic nitrogens is 3. The van der Waals surface area contributed by atoms with Crippen molar-refractivity contribution in [2.24, 2.45) is 0 Å². The number of methoxy groups -OCH3 is 1. The topological polar surface area (TPSA) is 72.7 Å². The maximum Gasteiger partial charge on any atom is 0.280 e. The summed E-state index contributed by atoms with van der Waals surface area (Å²) in [7, 11) is 1.65. The Labute approximate surface area is 186 Å². The van der Waals surface area contributed by atoms with Crippen molar-refractivity contribution in [1.82, 2.24) is 19.7 Å². The summed E-state index contributed by atoms with van der Waals surface area (Å²) in [6.45, 7) is 10.6. The molecule has 0 spiro atoms. The van der Waals surface area contributed by atoms with Gasteiger partial charge in [-0.1, -0.05) is 11.3 Å². The zero-order valence-corrected chi connectivity index (χ0v) is 19.3. The monoisotopic (exact) mass is 443 g/mol. The quantitative estimate of drug-likeness (QED) is 0.558. The van der Waals surface area contributed by atoms with Crippen LogP contribution in [-0.2, 0) is 4.74 Å². The predicted octanol–water partition coefficient (Wildman–Crippen LogP) is 3.37. The Morgan fingerprint density at radius 2 is 2.06 bits per heavy atom. The molecule has 8 nitrogen and oxygen atoms in total. The zero-order chi connectivity index (χ0) is 22.0. The van der Waals surface area contributed by atoms with Gasteiger partial charge in [0.05, 0.1) is 30.5 Å². The third-order valence-corrected chi connectivity index (χ3v) is 6.48. The fraction of sp³-hybridized carbons (Fsp3) is 0.500. The molecular formula is C22H29N5O3S. The molecule has 0 atom stereocenters. The maximum absolute atomic E-state index is 13.6. The first-order valence-electron chi connectivity index (χ1n) is 10.6. The van der Waals surface area contributed by atoms with Crippen molar-refractivity contribution >= 4 is 32.6 Å². The molecule has 0 saturated carbocycles. The van der Waals surface area contributed by atoms with Gasteiger partial charge in [-0.25, -0.2) is 4.98 Å². The number of aryl methyl sites for hydroxylation is 1. The Balaban J connectivity index is 1.65. The molecule has 0 aliphatic carbocycles. The lowest BCUT2D eigenvalue weighted by Crippen LogP contribution is -2.43. The fourth-order valence-corrected chi connectivity index (χ4v) is 4.76. The number of hydrogen-bond acceptors (Lipinski definition) is 7. The maximum atomic E-state index is 13.6. The third kappa shape index (κ3) is 4.73. The van der Waals surface area contributed by atoms with E-state index in [4.69, 9.17) is 14.5 Å². The Morgan fingerprint density at radius 1 is 1.29 bits per heavy atom. The smallest absolute Gasteiger partial charge is 0.280 e. The molecule has 1 aromatic carbocycles. The zero-order valence-electron chi connectivity index (χ0n) is 18.5. The van der Waals surface area contributed by atoms with Gasteiger partial charge in [0.2, 0.25) is 0 Å². The van der Waals surface area contributed by atoms with Crippen LogP contribution in [0.3, 0.4) is 0 Å². The molecule has 31 heavy (non-hydrogen) atoms. The molecule has 166 valence electrons. The van der Waals surface area contributed by atoms with Gasteiger partial charge in [-0.05, 0) is 45.0 Å². The van der Waals surface area contributed by atoms with E-state index in [1.165, 1.54) is 11.3 Å². The second-order valence-electron chi connectivity index (χ2n) is 7.95. The molecule has 3 heterocycles. The number of amides is 1. The van der Waals surface area contributed by atoms with Crippen molar-refractivity contribution in [2.45, 2.75) is 26.8 Å². The van der Waals surface area contributed by atoms with Crippen molar-refractivity contribution in [3.63, 3.8) is 0 Å². The highest BCUT2D eigenvalue weighted by Gasteiger charge is 2.25. The highest BCUT2D eigenvalue weighted by atomic mass is 32.1. The summed E-state index contributed by atoms with van der Waals surface area (Å²) in [5.74, 6) is 0.655. The van der Waals surface area contributed by atoms with Gasteiger partial charge in [0, 0.05) is 37.9 Å². The van der Waals surface area contributed by atoms with Gasteiger partial charge in [-0.3, -0.25) is 19.3 Å². The van der Waals surface area contributed by atoms with Crippen LogP contribution < -0.4 is 9.64 Å². The van der Waals surface area contributed by atoms with Gasteiger partial charge < -0.3 is 9.47 Å². The molecule has 1 saturated heterocycles. The molecule has 1 fully saturated rings. The predicted molar refractivity (Wildman–Crippen MR) is 122 cm³/mol. The van der Waals surface area contributed by atoms with Gasteiger partial charge in [0.15, 0.2) is 10.8 Å². The van der Waals surface area contributed by atoms with E-state index in [1.54, 1.807) is 12.0 Å². The largest absolute Gasteiger partial charge is 0.497 e. The molecule has 1 aliphatic rings. The number of rotatable bonds is 7. The lowest BCUT2D eigenvalue weighted by Gasteiger charge is -2.29. The number of carbonyl (C=O) groups is 1. The van der Waals surface area contributed by atoms with E-state index in [2.05, 4.69) is 23.8 Å². The molecule has 0 N–H and O–H groups in total. The number of thiazole rings is 1. The van der Waals surface area contributed by atoms with Gasteiger partial charge in [0.1, 0.15) is 5.75 Å². The van der Waals surface area contributed by atoms with Crippen molar-refractivity contribution < 1.29 is 14.3 Å². The van der Waals surface area contributed by atoms with Crippen LogP contribution in [0.1, 0.15) is 36.1 Å². The molecule has 1 amide bonds. The summed E-state index contributed by atoms with van der Waals surface area (Å²) in [5, 5.41) is 5.26.